The fraction of sp³-hybridized carbons (Fsp3) is 0.273. The molecular formula is C22H24N2O3. The Morgan fingerprint density at radius 1 is 0.963 bits per heavy atom. The summed E-state index contributed by atoms with van der Waals surface area (Å²) in [4.78, 5) is 29.2. The van der Waals surface area contributed by atoms with Gasteiger partial charge in [0.25, 0.3) is 11.8 Å². The molecule has 5 heteroatoms. The molecular weight excluding hydrogens is 340 g/mol. The number of anilines is 1. The summed E-state index contributed by atoms with van der Waals surface area (Å²) in [5.74, 6) is -0.344. The number of carbonyl (C=O) groups excluding carboxylic acids is 2. The average Bonchev–Trinajstić information content (AvgIpc) is 2.93. The van der Waals surface area contributed by atoms with Crippen molar-refractivity contribution < 1.29 is 14.7 Å². The van der Waals surface area contributed by atoms with Gasteiger partial charge in [-0.3, -0.25) is 9.59 Å². The van der Waals surface area contributed by atoms with Crippen molar-refractivity contribution in [1.29, 1.82) is 0 Å². The molecule has 0 aromatic heterocycles. The van der Waals surface area contributed by atoms with E-state index < -0.39 is 0 Å². The minimum atomic E-state index is -0.368. The second-order valence-corrected chi connectivity index (χ2v) is 6.93. The molecule has 0 bridgehead atoms. The van der Waals surface area contributed by atoms with Gasteiger partial charge in [-0.25, -0.2) is 4.90 Å². The van der Waals surface area contributed by atoms with Crippen LogP contribution in [0.1, 0.15) is 30.9 Å². The van der Waals surface area contributed by atoms with E-state index in [0.717, 1.165) is 5.56 Å². The predicted molar refractivity (Wildman–Crippen MR) is 106 cm³/mol. The van der Waals surface area contributed by atoms with Gasteiger partial charge >= 0.3 is 0 Å². The molecule has 0 atom stereocenters. The second kappa shape index (κ2) is 7.76. The zero-order valence-electron chi connectivity index (χ0n) is 15.8. The van der Waals surface area contributed by atoms with Crippen LogP contribution in [0.25, 0.3) is 5.57 Å². The summed E-state index contributed by atoms with van der Waals surface area (Å²) in [6.45, 7) is 4.35. The fourth-order valence-electron chi connectivity index (χ4n) is 3.24. The predicted octanol–water partition coefficient (Wildman–Crippen LogP) is 3.02. The molecule has 1 aliphatic heterocycles. The monoisotopic (exact) mass is 364 g/mol. The molecule has 0 unspecified atom stereocenters. The van der Waals surface area contributed by atoms with Gasteiger partial charge in [0.1, 0.15) is 5.70 Å². The first kappa shape index (κ1) is 18.9. The van der Waals surface area contributed by atoms with Crippen LogP contribution in [-0.2, 0) is 9.59 Å². The largest absolute Gasteiger partial charge is 0.395 e. The number of imide groups is 1. The minimum Gasteiger partial charge on any atom is -0.395 e. The van der Waals surface area contributed by atoms with Gasteiger partial charge < -0.3 is 10.0 Å². The van der Waals surface area contributed by atoms with E-state index in [9.17, 15) is 14.7 Å². The lowest BCUT2D eigenvalue weighted by Crippen LogP contribution is -2.34. The van der Waals surface area contributed by atoms with Gasteiger partial charge in [-0.05, 0) is 29.2 Å². The Morgan fingerprint density at radius 2 is 1.59 bits per heavy atom. The summed E-state index contributed by atoms with van der Waals surface area (Å²) in [7, 11) is 1.71. The third-order valence-corrected chi connectivity index (χ3v) is 4.76. The van der Waals surface area contributed by atoms with Crippen LogP contribution in [0.5, 0.6) is 0 Å². The fourth-order valence-corrected chi connectivity index (χ4v) is 3.24. The molecule has 140 valence electrons. The van der Waals surface area contributed by atoms with Gasteiger partial charge in [-0.2, -0.15) is 0 Å². The summed E-state index contributed by atoms with van der Waals surface area (Å²) in [5.41, 5.74) is 3.07. The van der Waals surface area contributed by atoms with Gasteiger partial charge in [-0.15, -0.1) is 0 Å². The lowest BCUT2D eigenvalue weighted by atomic mass is 10.0. The van der Waals surface area contributed by atoms with Crippen LogP contribution in [0.15, 0.2) is 60.3 Å². The maximum Gasteiger partial charge on any atom is 0.282 e. The molecule has 2 aromatic carbocycles. The van der Waals surface area contributed by atoms with Crippen molar-refractivity contribution >= 4 is 23.1 Å². The number of aliphatic hydroxyl groups excluding tert-OH is 1. The maximum atomic E-state index is 13.2. The number of rotatable bonds is 6. The van der Waals surface area contributed by atoms with E-state index in [-0.39, 0.29) is 25.0 Å². The van der Waals surface area contributed by atoms with Gasteiger partial charge in [0, 0.05) is 13.6 Å². The first-order valence-electron chi connectivity index (χ1n) is 9.06. The molecule has 1 aliphatic rings. The number of hydrogen-bond donors (Lipinski definition) is 1. The minimum absolute atomic E-state index is 0.105. The summed E-state index contributed by atoms with van der Waals surface area (Å²) >= 11 is 0. The lowest BCUT2D eigenvalue weighted by Gasteiger charge is -2.20. The zero-order valence-corrected chi connectivity index (χ0v) is 15.8. The highest BCUT2D eigenvalue weighted by Gasteiger charge is 2.41. The molecule has 0 saturated carbocycles. The molecule has 5 nitrogen and oxygen atoms in total. The van der Waals surface area contributed by atoms with Gasteiger partial charge in [0.05, 0.1) is 17.9 Å². The van der Waals surface area contributed by atoms with E-state index in [0.29, 0.717) is 28.4 Å². The van der Waals surface area contributed by atoms with Crippen molar-refractivity contribution in [1.82, 2.24) is 4.90 Å². The quantitative estimate of drug-likeness (QED) is 0.801. The average molecular weight is 364 g/mol. The van der Waals surface area contributed by atoms with E-state index in [1.165, 1.54) is 4.90 Å². The van der Waals surface area contributed by atoms with Crippen LogP contribution in [0.3, 0.4) is 0 Å². The van der Waals surface area contributed by atoms with Crippen LogP contribution < -0.4 is 4.90 Å². The molecule has 1 N–H and O–H groups in total. The molecule has 1 heterocycles. The Balaban J connectivity index is 2.06. The third kappa shape index (κ3) is 3.51. The van der Waals surface area contributed by atoms with Crippen LogP contribution >= 0.6 is 0 Å². The van der Waals surface area contributed by atoms with Crippen molar-refractivity contribution in [2.24, 2.45) is 0 Å². The smallest absolute Gasteiger partial charge is 0.282 e. The molecule has 0 fully saturated rings. The molecule has 0 radical (unpaired) electrons. The van der Waals surface area contributed by atoms with Crippen molar-refractivity contribution in [2.75, 3.05) is 25.1 Å². The maximum absolute atomic E-state index is 13.2. The number of nitrogens with zero attached hydrogens (tertiary/aromatic N) is 2. The number of likely N-dealkylation sites (N-methyl/N-ethyl adjacent to an activating group) is 1. The lowest BCUT2D eigenvalue weighted by molar-refractivity contribution is -0.120. The van der Waals surface area contributed by atoms with Gasteiger partial charge in [0.2, 0.25) is 0 Å². The number of hydrogen-bond acceptors (Lipinski definition) is 4. The van der Waals surface area contributed by atoms with Crippen LogP contribution in [0, 0.1) is 0 Å². The number of carbonyl (C=O) groups is 2. The molecule has 2 amide bonds. The number of amides is 2. The Labute approximate surface area is 159 Å². The first-order valence-corrected chi connectivity index (χ1v) is 9.06. The molecule has 0 spiro atoms. The van der Waals surface area contributed by atoms with E-state index in [1.54, 1.807) is 11.9 Å². The van der Waals surface area contributed by atoms with E-state index >= 15 is 0 Å². The van der Waals surface area contributed by atoms with E-state index in [4.69, 9.17) is 0 Å². The van der Waals surface area contributed by atoms with Crippen molar-refractivity contribution in [3.8, 4) is 0 Å². The Kier molecular flexibility index (Phi) is 5.42. The Morgan fingerprint density at radius 3 is 2.15 bits per heavy atom. The summed E-state index contributed by atoms with van der Waals surface area (Å²) in [6, 6.07) is 16.7. The highest BCUT2D eigenvalue weighted by Crippen LogP contribution is 2.34. The first-order chi connectivity index (χ1) is 13.0. The van der Waals surface area contributed by atoms with Crippen molar-refractivity contribution in [3.05, 3.63) is 71.4 Å². The summed E-state index contributed by atoms with van der Waals surface area (Å²) in [6.07, 6.45) is 0. The zero-order chi connectivity index (χ0) is 19.6. The highest BCUT2D eigenvalue weighted by atomic mass is 16.3. The topological polar surface area (TPSA) is 60.9 Å². The SMILES string of the molecule is CC(C)c1ccc(N2C(=O)C(c3ccccc3)=C(N(C)CCO)C2=O)cc1. The summed E-state index contributed by atoms with van der Waals surface area (Å²) < 4.78 is 0. The molecule has 27 heavy (non-hydrogen) atoms. The van der Waals surface area contributed by atoms with Crippen LogP contribution in [-0.4, -0.2) is 42.0 Å². The van der Waals surface area contributed by atoms with Gasteiger partial charge in [0.15, 0.2) is 0 Å². The van der Waals surface area contributed by atoms with Crippen molar-refractivity contribution in [3.63, 3.8) is 0 Å². The van der Waals surface area contributed by atoms with Crippen molar-refractivity contribution in [2.45, 2.75) is 19.8 Å². The third-order valence-electron chi connectivity index (χ3n) is 4.76. The van der Waals surface area contributed by atoms with E-state index in [1.807, 2.05) is 54.6 Å². The van der Waals surface area contributed by atoms with Crippen LogP contribution in [0.2, 0.25) is 0 Å². The second-order valence-electron chi connectivity index (χ2n) is 6.93. The van der Waals surface area contributed by atoms with Gasteiger partial charge in [-0.1, -0.05) is 56.3 Å². The molecule has 3 rings (SSSR count). The molecule has 0 aliphatic carbocycles. The Hall–Kier alpha value is -2.92. The number of benzene rings is 2. The molecule has 0 saturated heterocycles. The normalized spacial score (nSPS) is 14.5. The van der Waals surface area contributed by atoms with E-state index in [2.05, 4.69) is 13.8 Å². The Bertz CT molecular complexity index is 870. The standard InChI is InChI=1S/C22H24N2O3/c1-15(2)16-9-11-18(12-10-16)24-21(26)19(17-7-5-4-6-8-17)20(22(24)27)23(3)13-14-25/h4-12,15,25H,13-14H2,1-3H3. The number of aliphatic hydroxyl groups is 1. The summed E-state index contributed by atoms with van der Waals surface area (Å²) in [5, 5.41) is 9.30. The van der Waals surface area contributed by atoms with Crippen LogP contribution in [0.4, 0.5) is 5.69 Å². The highest BCUT2D eigenvalue weighted by molar-refractivity contribution is 6.45. The molecule has 2 aromatic rings.